The number of benzene rings is 1. The summed E-state index contributed by atoms with van der Waals surface area (Å²) in [6.45, 7) is 8.48. The summed E-state index contributed by atoms with van der Waals surface area (Å²) in [7, 11) is 0. The van der Waals surface area contributed by atoms with Gasteiger partial charge in [-0.05, 0) is 56.0 Å². The van der Waals surface area contributed by atoms with E-state index in [1.807, 2.05) is 19.2 Å². The summed E-state index contributed by atoms with van der Waals surface area (Å²) in [5.41, 5.74) is 5.08. The zero-order valence-corrected chi connectivity index (χ0v) is 17.7. The third-order valence-corrected chi connectivity index (χ3v) is 5.80. The Morgan fingerprint density at radius 2 is 1.83 bits per heavy atom. The summed E-state index contributed by atoms with van der Waals surface area (Å²) in [4.78, 5) is 12.5. The van der Waals surface area contributed by atoms with Crippen LogP contribution in [-0.2, 0) is 6.42 Å². The number of nitrogens with one attached hydrogen (secondary N) is 1. The zero-order chi connectivity index (χ0) is 20.5. The second kappa shape index (κ2) is 7.97. The van der Waals surface area contributed by atoms with Crippen LogP contribution in [0.15, 0.2) is 30.5 Å². The first kappa shape index (κ1) is 19.6. The van der Waals surface area contributed by atoms with Crippen LogP contribution in [0.2, 0.25) is 0 Å². The van der Waals surface area contributed by atoms with Gasteiger partial charge in [-0.3, -0.25) is 0 Å². The molecule has 3 aromatic heterocycles. The third-order valence-electron chi connectivity index (χ3n) is 5.80. The van der Waals surface area contributed by atoms with Gasteiger partial charge in [0, 0.05) is 28.9 Å². The molecule has 1 N–H and O–H groups in total. The van der Waals surface area contributed by atoms with Crippen LogP contribution in [0.25, 0.3) is 33.2 Å². The molecule has 4 rings (SSSR count). The summed E-state index contributed by atoms with van der Waals surface area (Å²) >= 11 is 0. The standard InChI is InChI=1S/C24H29FN4/c1-5-8-18(9-6-2)29-15(4)27-23-21(25)12-16(13-22(23)29)20-14-26-24-19(20)11-10-17(7-3)28-24/h10-14,18H,5-9H2,1-4H3,(H,26,28). The van der Waals surface area contributed by atoms with Crippen LogP contribution in [0.5, 0.6) is 0 Å². The quantitative estimate of drug-likeness (QED) is 0.379. The molecule has 0 aliphatic heterocycles. The first-order chi connectivity index (χ1) is 14.1. The van der Waals surface area contributed by atoms with Crippen LogP contribution in [0.3, 0.4) is 0 Å². The molecule has 5 heteroatoms. The molecule has 4 nitrogen and oxygen atoms in total. The lowest BCUT2D eigenvalue weighted by Crippen LogP contribution is -2.10. The van der Waals surface area contributed by atoms with E-state index in [0.29, 0.717) is 11.6 Å². The Bertz CT molecular complexity index is 1150. The summed E-state index contributed by atoms with van der Waals surface area (Å²) in [6.07, 6.45) is 7.16. The topological polar surface area (TPSA) is 46.5 Å². The summed E-state index contributed by atoms with van der Waals surface area (Å²) in [5, 5.41) is 1.02. The minimum atomic E-state index is -0.265. The summed E-state index contributed by atoms with van der Waals surface area (Å²) in [6, 6.07) is 8.16. The normalized spacial score (nSPS) is 11.9. The Morgan fingerprint density at radius 3 is 2.52 bits per heavy atom. The summed E-state index contributed by atoms with van der Waals surface area (Å²) in [5.74, 6) is 0.620. The van der Waals surface area contributed by atoms with Crippen molar-refractivity contribution in [2.45, 2.75) is 65.8 Å². The van der Waals surface area contributed by atoms with Crippen molar-refractivity contribution in [3.63, 3.8) is 0 Å². The predicted molar refractivity (Wildman–Crippen MR) is 118 cm³/mol. The van der Waals surface area contributed by atoms with Gasteiger partial charge in [-0.25, -0.2) is 14.4 Å². The van der Waals surface area contributed by atoms with Crippen molar-refractivity contribution in [3.05, 3.63) is 47.8 Å². The molecular formula is C24H29FN4. The Morgan fingerprint density at radius 1 is 1.07 bits per heavy atom. The highest BCUT2D eigenvalue weighted by Gasteiger charge is 2.20. The van der Waals surface area contributed by atoms with Gasteiger partial charge in [-0.1, -0.05) is 33.6 Å². The molecule has 0 bridgehead atoms. The molecule has 0 saturated carbocycles. The highest BCUT2D eigenvalue weighted by Crippen LogP contribution is 2.34. The Balaban J connectivity index is 1.90. The van der Waals surface area contributed by atoms with E-state index < -0.39 is 0 Å². The van der Waals surface area contributed by atoms with E-state index in [1.165, 1.54) is 0 Å². The van der Waals surface area contributed by atoms with Crippen molar-refractivity contribution >= 4 is 22.1 Å². The smallest absolute Gasteiger partial charge is 0.151 e. The molecule has 0 fully saturated rings. The second-order valence-electron chi connectivity index (χ2n) is 7.84. The molecule has 1 aromatic carbocycles. The van der Waals surface area contributed by atoms with Crippen molar-refractivity contribution < 1.29 is 4.39 Å². The number of aryl methyl sites for hydroxylation is 2. The third kappa shape index (κ3) is 3.43. The number of pyridine rings is 1. The maximum Gasteiger partial charge on any atom is 0.151 e. The lowest BCUT2D eigenvalue weighted by molar-refractivity contribution is 0.428. The second-order valence-corrected chi connectivity index (χ2v) is 7.84. The maximum atomic E-state index is 15.1. The molecule has 0 saturated heterocycles. The highest BCUT2D eigenvalue weighted by molar-refractivity contribution is 5.96. The first-order valence-corrected chi connectivity index (χ1v) is 10.7. The number of hydrogen-bond donors (Lipinski definition) is 1. The van der Waals surface area contributed by atoms with Crippen LogP contribution < -0.4 is 0 Å². The van der Waals surface area contributed by atoms with E-state index in [9.17, 15) is 0 Å². The number of aromatic amines is 1. The average Bonchev–Trinajstić information content (AvgIpc) is 3.28. The fourth-order valence-corrected chi connectivity index (χ4v) is 4.44. The van der Waals surface area contributed by atoms with E-state index >= 15 is 4.39 Å². The highest BCUT2D eigenvalue weighted by atomic mass is 19.1. The van der Waals surface area contributed by atoms with E-state index in [0.717, 1.165) is 71.3 Å². The number of H-pyrrole nitrogens is 1. The number of rotatable bonds is 7. The van der Waals surface area contributed by atoms with E-state index in [1.54, 1.807) is 6.07 Å². The molecular weight excluding hydrogens is 363 g/mol. The molecule has 3 heterocycles. The minimum absolute atomic E-state index is 0.265. The maximum absolute atomic E-state index is 15.1. The lowest BCUT2D eigenvalue weighted by Gasteiger charge is -2.20. The van der Waals surface area contributed by atoms with Crippen LogP contribution >= 0.6 is 0 Å². The first-order valence-electron chi connectivity index (χ1n) is 10.7. The van der Waals surface area contributed by atoms with Crippen LogP contribution in [0.4, 0.5) is 4.39 Å². The molecule has 0 unspecified atom stereocenters. The Labute approximate surface area is 171 Å². The largest absolute Gasteiger partial charge is 0.346 e. The van der Waals surface area contributed by atoms with Crippen LogP contribution in [-0.4, -0.2) is 19.5 Å². The molecule has 0 radical (unpaired) electrons. The Kier molecular flexibility index (Phi) is 5.39. The number of nitrogens with zero attached hydrogens (tertiary/aromatic N) is 3. The molecule has 0 amide bonds. The molecule has 29 heavy (non-hydrogen) atoms. The molecule has 0 aliphatic rings. The number of aromatic nitrogens is 4. The van der Waals surface area contributed by atoms with Gasteiger partial charge < -0.3 is 9.55 Å². The number of halogens is 1. The monoisotopic (exact) mass is 392 g/mol. The van der Waals surface area contributed by atoms with Gasteiger partial charge in [0.2, 0.25) is 0 Å². The number of hydrogen-bond acceptors (Lipinski definition) is 2. The van der Waals surface area contributed by atoms with Gasteiger partial charge in [0.1, 0.15) is 17.0 Å². The van der Waals surface area contributed by atoms with Crippen molar-refractivity contribution in [3.8, 4) is 11.1 Å². The fraction of sp³-hybridized carbons (Fsp3) is 0.417. The fourth-order valence-electron chi connectivity index (χ4n) is 4.44. The van der Waals surface area contributed by atoms with Crippen molar-refractivity contribution in [2.24, 2.45) is 0 Å². The molecule has 0 aliphatic carbocycles. The SMILES string of the molecule is CCCC(CCC)n1c(C)nc2c(F)cc(-c3c[nH]c4nc(CC)ccc34)cc21. The van der Waals surface area contributed by atoms with E-state index in [-0.39, 0.29) is 5.82 Å². The number of fused-ring (bicyclic) bond motifs is 2. The van der Waals surface area contributed by atoms with E-state index in [4.69, 9.17) is 0 Å². The summed E-state index contributed by atoms with van der Waals surface area (Å²) < 4.78 is 17.3. The molecule has 152 valence electrons. The van der Waals surface area contributed by atoms with Gasteiger partial charge in [-0.2, -0.15) is 0 Å². The van der Waals surface area contributed by atoms with Gasteiger partial charge >= 0.3 is 0 Å². The zero-order valence-electron chi connectivity index (χ0n) is 17.7. The van der Waals surface area contributed by atoms with Gasteiger partial charge in [0.15, 0.2) is 5.82 Å². The predicted octanol–water partition coefficient (Wildman–Crippen LogP) is 6.73. The Hall–Kier alpha value is -2.69. The average molecular weight is 393 g/mol. The van der Waals surface area contributed by atoms with E-state index in [2.05, 4.69) is 52.4 Å². The number of imidazole rings is 1. The minimum Gasteiger partial charge on any atom is -0.346 e. The van der Waals surface area contributed by atoms with Crippen molar-refractivity contribution in [1.82, 2.24) is 19.5 Å². The van der Waals surface area contributed by atoms with Crippen molar-refractivity contribution in [2.75, 3.05) is 0 Å². The van der Waals surface area contributed by atoms with Gasteiger partial charge in [-0.15, -0.1) is 0 Å². The van der Waals surface area contributed by atoms with Crippen molar-refractivity contribution in [1.29, 1.82) is 0 Å². The lowest BCUT2D eigenvalue weighted by atomic mass is 10.0. The molecule has 0 spiro atoms. The van der Waals surface area contributed by atoms with Gasteiger partial charge in [0.25, 0.3) is 0 Å². The molecule has 0 atom stereocenters. The van der Waals surface area contributed by atoms with Crippen LogP contribution in [0, 0.1) is 12.7 Å². The molecule has 4 aromatic rings. The van der Waals surface area contributed by atoms with Gasteiger partial charge in [0.05, 0.1) is 5.52 Å². The van der Waals surface area contributed by atoms with Crippen LogP contribution in [0.1, 0.15) is 64.0 Å².